The number of benzene rings is 1. The van der Waals surface area contributed by atoms with Gasteiger partial charge in [-0.3, -0.25) is 0 Å². The fourth-order valence-corrected chi connectivity index (χ4v) is 1.84. The molecule has 0 heterocycles. The zero-order valence-corrected chi connectivity index (χ0v) is 13.9. The average molecular weight is 308 g/mol. The van der Waals surface area contributed by atoms with Crippen LogP contribution in [-0.2, 0) is 16.1 Å². The molecule has 0 aliphatic carbocycles. The van der Waals surface area contributed by atoms with Gasteiger partial charge < -0.3 is 20.1 Å². The fraction of sp³-hybridized carbons (Fsp3) is 0.588. The summed E-state index contributed by atoms with van der Waals surface area (Å²) < 4.78 is 10.7. The molecule has 0 bridgehead atoms. The number of carbonyl (C=O) groups excluding carboxylic acids is 1. The Kier molecular flexibility index (Phi) is 9.26. The highest BCUT2D eigenvalue weighted by Gasteiger charge is 2.03. The molecule has 0 atom stereocenters. The normalized spacial score (nSPS) is 10.7. The maximum atomic E-state index is 11.8. The number of ether oxygens (including phenoxy) is 2. The van der Waals surface area contributed by atoms with Gasteiger partial charge in [-0.25, -0.2) is 4.79 Å². The van der Waals surface area contributed by atoms with Gasteiger partial charge in [-0.05, 0) is 37.0 Å². The molecule has 0 aliphatic heterocycles. The van der Waals surface area contributed by atoms with E-state index in [-0.39, 0.29) is 6.03 Å². The van der Waals surface area contributed by atoms with Crippen LogP contribution in [0.4, 0.5) is 10.5 Å². The number of amides is 2. The largest absolute Gasteiger partial charge is 0.379 e. The Morgan fingerprint density at radius 2 is 2.00 bits per heavy atom. The highest BCUT2D eigenvalue weighted by Crippen LogP contribution is 2.11. The van der Waals surface area contributed by atoms with E-state index in [2.05, 4.69) is 24.5 Å². The van der Waals surface area contributed by atoms with E-state index in [1.54, 1.807) is 0 Å². The first-order chi connectivity index (χ1) is 10.6. The van der Waals surface area contributed by atoms with Crippen molar-refractivity contribution in [2.24, 2.45) is 5.92 Å². The van der Waals surface area contributed by atoms with E-state index in [0.717, 1.165) is 17.7 Å². The van der Waals surface area contributed by atoms with Crippen LogP contribution < -0.4 is 10.6 Å². The molecule has 22 heavy (non-hydrogen) atoms. The Labute approximate surface area is 133 Å². The van der Waals surface area contributed by atoms with Crippen LogP contribution in [0.1, 0.15) is 32.8 Å². The standard InChI is InChI=1S/C17H28N2O3/c1-4-21-10-11-22-13-15-6-5-7-16(12-15)19-17(20)18-9-8-14(2)3/h5-7,12,14H,4,8-11,13H2,1-3H3,(H2,18,19,20). The molecule has 0 fully saturated rings. The minimum atomic E-state index is -0.171. The summed E-state index contributed by atoms with van der Waals surface area (Å²) >= 11 is 0. The maximum absolute atomic E-state index is 11.8. The van der Waals surface area contributed by atoms with Gasteiger partial charge in [0.2, 0.25) is 0 Å². The van der Waals surface area contributed by atoms with Crippen molar-refractivity contribution in [2.45, 2.75) is 33.8 Å². The molecule has 5 nitrogen and oxygen atoms in total. The van der Waals surface area contributed by atoms with Crippen LogP contribution in [-0.4, -0.2) is 32.4 Å². The predicted octanol–water partition coefficient (Wildman–Crippen LogP) is 3.41. The summed E-state index contributed by atoms with van der Waals surface area (Å²) in [5, 5.41) is 5.69. The smallest absolute Gasteiger partial charge is 0.319 e. The summed E-state index contributed by atoms with van der Waals surface area (Å²) in [6.45, 7) is 9.30. The molecule has 1 rings (SSSR count). The van der Waals surface area contributed by atoms with Crippen molar-refractivity contribution in [3.8, 4) is 0 Å². The van der Waals surface area contributed by atoms with E-state index in [1.807, 2.05) is 31.2 Å². The lowest BCUT2D eigenvalue weighted by Crippen LogP contribution is -2.30. The van der Waals surface area contributed by atoms with Crippen molar-refractivity contribution >= 4 is 11.7 Å². The van der Waals surface area contributed by atoms with Crippen molar-refractivity contribution in [2.75, 3.05) is 31.7 Å². The Morgan fingerprint density at radius 1 is 1.23 bits per heavy atom. The second-order valence-electron chi connectivity index (χ2n) is 5.51. The quantitative estimate of drug-likeness (QED) is 0.651. The van der Waals surface area contributed by atoms with Gasteiger partial charge in [-0.1, -0.05) is 26.0 Å². The molecule has 5 heteroatoms. The van der Waals surface area contributed by atoms with Gasteiger partial charge in [-0.2, -0.15) is 0 Å². The monoisotopic (exact) mass is 308 g/mol. The minimum Gasteiger partial charge on any atom is -0.379 e. The summed E-state index contributed by atoms with van der Waals surface area (Å²) in [7, 11) is 0. The van der Waals surface area contributed by atoms with Crippen LogP contribution in [0.3, 0.4) is 0 Å². The SMILES string of the molecule is CCOCCOCc1cccc(NC(=O)NCCC(C)C)c1. The first-order valence-electron chi connectivity index (χ1n) is 7.91. The molecule has 1 aromatic carbocycles. The van der Waals surface area contributed by atoms with E-state index in [0.29, 0.717) is 38.9 Å². The molecule has 2 N–H and O–H groups in total. The van der Waals surface area contributed by atoms with Crippen LogP contribution in [0, 0.1) is 5.92 Å². The lowest BCUT2D eigenvalue weighted by Gasteiger charge is -2.10. The summed E-state index contributed by atoms with van der Waals surface area (Å²) in [5.74, 6) is 0.581. The minimum absolute atomic E-state index is 0.171. The highest BCUT2D eigenvalue weighted by molar-refractivity contribution is 5.89. The number of hydrogen-bond donors (Lipinski definition) is 2. The van der Waals surface area contributed by atoms with Gasteiger partial charge in [0.05, 0.1) is 19.8 Å². The van der Waals surface area contributed by atoms with Gasteiger partial charge in [0.15, 0.2) is 0 Å². The Bertz CT molecular complexity index is 436. The molecular formula is C17H28N2O3. The Balaban J connectivity index is 2.32. The molecule has 0 unspecified atom stereocenters. The molecule has 2 amide bonds. The van der Waals surface area contributed by atoms with Crippen molar-refractivity contribution in [1.29, 1.82) is 0 Å². The number of nitrogens with one attached hydrogen (secondary N) is 2. The molecule has 0 spiro atoms. The van der Waals surface area contributed by atoms with Crippen LogP contribution in [0.25, 0.3) is 0 Å². The van der Waals surface area contributed by atoms with E-state index in [1.165, 1.54) is 0 Å². The third-order valence-electron chi connectivity index (χ3n) is 3.04. The molecule has 0 radical (unpaired) electrons. The van der Waals surface area contributed by atoms with E-state index < -0.39 is 0 Å². The summed E-state index contributed by atoms with van der Waals surface area (Å²) in [4.78, 5) is 11.8. The second kappa shape index (κ2) is 11.0. The van der Waals surface area contributed by atoms with Crippen LogP contribution in [0.15, 0.2) is 24.3 Å². The highest BCUT2D eigenvalue weighted by atomic mass is 16.5. The number of anilines is 1. The summed E-state index contributed by atoms with van der Waals surface area (Å²) in [6, 6.07) is 7.50. The second-order valence-corrected chi connectivity index (χ2v) is 5.51. The van der Waals surface area contributed by atoms with Crippen molar-refractivity contribution in [3.05, 3.63) is 29.8 Å². The third-order valence-corrected chi connectivity index (χ3v) is 3.04. The average Bonchev–Trinajstić information content (AvgIpc) is 2.47. The van der Waals surface area contributed by atoms with Gasteiger partial charge in [0.25, 0.3) is 0 Å². The van der Waals surface area contributed by atoms with Gasteiger partial charge in [0, 0.05) is 18.8 Å². The van der Waals surface area contributed by atoms with Crippen LogP contribution in [0.5, 0.6) is 0 Å². The van der Waals surface area contributed by atoms with E-state index in [9.17, 15) is 4.79 Å². The zero-order chi connectivity index (χ0) is 16.2. The first kappa shape index (κ1) is 18.5. The predicted molar refractivity (Wildman–Crippen MR) is 89.1 cm³/mol. The molecule has 0 aliphatic rings. The topological polar surface area (TPSA) is 59.6 Å². The number of urea groups is 1. The number of hydrogen-bond acceptors (Lipinski definition) is 3. The fourth-order valence-electron chi connectivity index (χ4n) is 1.84. The van der Waals surface area contributed by atoms with Gasteiger partial charge >= 0.3 is 6.03 Å². The first-order valence-corrected chi connectivity index (χ1v) is 7.91. The van der Waals surface area contributed by atoms with E-state index >= 15 is 0 Å². The van der Waals surface area contributed by atoms with Crippen LogP contribution in [0.2, 0.25) is 0 Å². The Hall–Kier alpha value is -1.59. The molecule has 1 aromatic rings. The lowest BCUT2D eigenvalue weighted by atomic mass is 10.1. The van der Waals surface area contributed by atoms with Crippen LogP contribution >= 0.6 is 0 Å². The van der Waals surface area contributed by atoms with Gasteiger partial charge in [0.1, 0.15) is 0 Å². The van der Waals surface area contributed by atoms with Crippen molar-refractivity contribution < 1.29 is 14.3 Å². The zero-order valence-electron chi connectivity index (χ0n) is 13.9. The van der Waals surface area contributed by atoms with Gasteiger partial charge in [-0.15, -0.1) is 0 Å². The Morgan fingerprint density at radius 3 is 2.73 bits per heavy atom. The molecular weight excluding hydrogens is 280 g/mol. The lowest BCUT2D eigenvalue weighted by molar-refractivity contribution is 0.0453. The van der Waals surface area contributed by atoms with E-state index in [4.69, 9.17) is 9.47 Å². The third kappa shape index (κ3) is 8.64. The molecule has 0 aromatic heterocycles. The van der Waals surface area contributed by atoms with Crippen molar-refractivity contribution in [1.82, 2.24) is 5.32 Å². The summed E-state index contributed by atoms with van der Waals surface area (Å²) in [6.07, 6.45) is 0.973. The number of rotatable bonds is 10. The molecule has 124 valence electrons. The summed E-state index contributed by atoms with van der Waals surface area (Å²) in [5.41, 5.74) is 1.80. The van der Waals surface area contributed by atoms with Crippen molar-refractivity contribution in [3.63, 3.8) is 0 Å². The molecule has 0 saturated carbocycles. The molecule has 0 saturated heterocycles. The maximum Gasteiger partial charge on any atom is 0.319 e. The number of carbonyl (C=O) groups is 1.